The lowest BCUT2D eigenvalue weighted by Gasteiger charge is -2.24. The highest BCUT2D eigenvalue weighted by atomic mass is 16.5. The molecule has 1 aliphatic carbocycles. The molecule has 0 heterocycles. The predicted octanol–water partition coefficient (Wildman–Crippen LogP) is 1.43. The van der Waals surface area contributed by atoms with Crippen molar-refractivity contribution in [1.29, 1.82) is 0 Å². The Labute approximate surface area is 155 Å². The quantitative estimate of drug-likeness (QED) is 0.457. The molecule has 0 unspecified atom stereocenters. The van der Waals surface area contributed by atoms with Crippen LogP contribution in [0.2, 0.25) is 0 Å². The van der Waals surface area contributed by atoms with Gasteiger partial charge in [-0.3, -0.25) is 9.79 Å². The van der Waals surface area contributed by atoms with Crippen LogP contribution in [0.3, 0.4) is 0 Å². The third kappa shape index (κ3) is 7.31. The maximum Gasteiger partial charge on any atom is 0.258 e. The van der Waals surface area contributed by atoms with E-state index >= 15 is 0 Å². The fourth-order valence-electron chi connectivity index (χ4n) is 2.17. The number of carbonyl (C=O) groups excluding carboxylic acids is 1. The lowest BCUT2D eigenvalue weighted by Crippen LogP contribution is -2.45. The summed E-state index contributed by atoms with van der Waals surface area (Å²) in [5.41, 5.74) is 0.769. The number of amides is 1. The Morgan fingerprint density at radius 3 is 2.73 bits per heavy atom. The summed E-state index contributed by atoms with van der Waals surface area (Å²) in [6.07, 6.45) is 2.15. The normalized spacial score (nSPS) is 14.7. The van der Waals surface area contributed by atoms with Crippen molar-refractivity contribution in [3.63, 3.8) is 0 Å². The summed E-state index contributed by atoms with van der Waals surface area (Å²) >= 11 is 0. The average Bonchev–Trinajstić information content (AvgIpc) is 3.44. The Bertz CT molecular complexity index is 627. The molecule has 0 aliphatic heterocycles. The van der Waals surface area contributed by atoms with Gasteiger partial charge in [-0.1, -0.05) is 12.1 Å². The fraction of sp³-hybridized carbons (Fsp3) is 0.579. The molecule has 1 aliphatic rings. The van der Waals surface area contributed by atoms with Gasteiger partial charge < -0.3 is 25.4 Å². The molecule has 0 spiro atoms. The molecule has 2 rings (SSSR count). The molecule has 1 saturated carbocycles. The van der Waals surface area contributed by atoms with Crippen LogP contribution in [0.4, 0.5) is 0 Å². The lowest BCUT2D eigenvalue weighted by molar-refractivity contribution is -0.123. The highest BCUT2D eigenvalue weighted by molar-refractivity contribution is 5.79. The Kier molecular flexibility index (Phi) is 7.26. The van der Waals surface area contributed by atoms with E-state index < -0.39 is 0 Å². The van der Waals surface area contributed by atoms with E-state index in [0.717, 1.165) is 18.4 Å². The number of hydrogen-bond donors (Lipinski definition) is 3. The molecule has 1 amide bonds. The van der Waals surface area contributed by atoms with Crippen LogP contribution >= 0.6 is 0 Å². The number of nitrogens with one attached hydrogen (secondary N) is 3. The molecule has 0 radical (unpaired) electrons. The first-order valence-corrected chi connectivity index (χ1v) is 8.92. The van der Waals surface area contributed by atoms with Crippen LogP contribution < -0.4 is 20.7 Å². The minimum absolute atomic E-state index is 0.0444. The first-order chi connectivity index (χ1) is 12.4. The first-order valence-electron chi connectivity index (χ1n) is 8.92. The molecule has 144 valence electrons. The molecule has 7 nitrogen and oxygen atoms in total. The molecular formula is C19H30N4O3. The molecular weight excluding hydrogens is 332 g/mol. The molecule has 0 bridgehead atoms. The van der Waals surface area contributed by atoms with Crippen molar-refractivity contribution in [1.82, 2.24) is 16.0 Å². The summed E-state index contributed by atoms with van der Waals surface area (Å²) < 4.78 is 11.0. The SMILES string of the molecule is CN=C(NCc1cccc(OCC(=O)NC2CC2)c1)NCC(C)(C)OC. The Morgan fingerprint density at radius 1 is 1.31 bits per heavy atom. The number of carbonyl (C=O) groups is 1. The lowest BCUT2D eigenvalue weighted by atomic mass is 10.1. The standard InChI is InChI=1S/C19H30N4O3/c1-19(2,25-4)13-22-18(20-3)21-11-14-6-5-7-16(10-14)26-12-17(24)23-15-8-9-15/h5-7,10,15H,8-9,11-13H2,1-4H3,(H,23,24)(H2,20,21,22). The molecule has 0 atom stereocenters. The molecule has 1 aromatic rings. The van der Waals surface area contributed by atoms with Gasteiger partial charge in [-0.25, -0.2) is 0 Å². The third-order valence-corrected chi connectivity index (χ3v) is 4.13. The fourth-order valence-corrected chi connectivity index (χ4v) is 2.17. The van der Waals surface area contributed by atoms with Gasteiger partial charge in [-0.15, -0.1) is 0 Å². The zero-order valence-corrected chi connectivity index (χ0v) is 16.1. The van der Waals surface area contributed by atoms with Crippen molar-refractivity contribution in [3.8, 4) is 5.75 Å². The maximum atomic E-state index is 11.7. The van der Waals surface area contributed by atoms with Gasteiger partial charge in [-0.2, -0.15) is 0 Å². The van der Waals surface area contributed by atoms with Gasteiger partial charge in [0.1, 0.15) is 5.75 Å². The first kappa shape index (κ1) is 20.0. The van der Waals surface area contributed by atoms with Gasteiger partial charge in [0, 0.05) is 33.3 Å². The zero-order chi connectivity index (χ0) is 19.0. The van der Waals surface area contributed by atoms with E-state index in [0.29, 0.717) is 30.8 Å². The molecule has 0 saturated heterocycles. The van der Waals surface area contributed by atoms with E-state index in [1.807, 2.05) is 38.1 Å². The predicted molar refractivity (Wildman–Crippen MR) is 102 cm³/mol. The minimum atomic E-state index is -0.271. The van der Waals surface area contributed by atoms with Gasteiger partial charge in [0.25, 0.3) is 5.91 Å². The van der Waals surface area contributed by atoms with Crippen LogP contribution in [0.1, 0.15) is 32.3 Å². The summed E-state index contributed by atoms with van der Waals surface area (Å²) in [6, 6.07) is 8.03. The van der Waals surface area contributed by atoms with Gasteiger partial charge in [0.2, 0.25) is 0 Å². The second-order valence-electron chi connectivity index (χ2n) is 7.02. The Hall–Kier alpha value is -2.28. The second-order valence-corrected chi connectivity index (χ2v) is 7.02. The summed E-state index contributed by atoms with van der Waals surface area (Å²) in [7, 11) is 3.42. The zero-order valence-electron chi connectivity index (χ0n) is 16.1. The monoisotopic (exact) mass is 362 g/mol. The minimum Gasteiger partial charge on any atom is -0.484 e. The summed E-state index contributed by atoms with van der Waals surface area (Å²) in [4.78, 5) is 15.9. The van der Waals surface area contributed by atoms with Gasteiger partial charge in [-0.05, 0) is 44.4 Å². The highest BCUT2D eigenvalue weighted by Crippen LogP contribution is 2.18. The van der Waals surface area contributed by atoms with E-state index in [1.165, 1.54) is 0 Å². The number of guanidine groups is 1. The van der Waals surface area contributed by atoms with E-state index in [9.17, 15) is 4.79 Å². The van der Waals surface area contributed by atoms with Gasteiger partial charge >= 0.3 is 0 Å². The number of ether oxygens (including phenoxy) is 2. The van der Waals surface area contributed by atoms with Crippen molar-refractivity contribution in [3.05, 3.63) is 29.8 Å². The van der Waals surface area contributed by atoms with E-state index in [1.54, 1.807) is 14.2 Å². The molecule has 1 fully saturated rings. The van der Waals surface area contributed by atoms with Crippen molar-refractivity contribution in [2.45, 2.75) is 44.9 Å². The Morgan fingerprint density at radius 2 is 2.08 bits per heavy atom. The molecule has 1 aromatic carbocycles. The number of benzene rings is 1. The second kappa shape index (κ2) is 9.43. The number of aliphatic imine (C=N–C) groups is 1. The van der Waals surface area contributed by atoms with Crippen LogP contribution in [-0.4, -0.2) is 50.8 Å². The van der Waals surface area contributed by atoms with Crippen LogP contribution in [0.15, 0.2) is 29.3 Å². The largest absolute Gasteiger partial charge is 0.484 e. The van der Waals surface area contributed by atoms with Crippen molar-refractivity contribution < 1.29 is 14.3 Å². The van der Waals surface area contributed by atoms with Crippen molar-refractivity contribution >= 4 is 11.9 Å². The summed E-state index contributed by atoms with van der Waals surface area (Å²) in [5, 5.41) is 9.40. The smallest absolute Gasteiger partial charge is 0.258 e. The van der Waals surface area contributed by atoms with Gasteiger partial charge in [0.15, 0.2) is 12.6 Å². The summed E-state index contributed by atoms with van der Waals surface area (Å²) in [6.45, 7) is 5.30. The highest BCUT2D eigenvalue weighted by Gasteiger charge is 2.23. The van der Waals surface area contributed by atoms with Crippen LogP contribution in [0.5, 0.6) is 5.75 Å². The number of nitrogens with zero attached hydrogens (tertiary/aromatic N) is 1. The van der Waals surface area contributed by atoms with Crippen molar-refractivity contribution in [2.75, 3.05) is 27.3 Å². The van der Waals surface area contributed by atoms with E-state index in [2.05, 4.69) is 20.9 Å². The Balaban J connectivity index is 1.78. The number of hydrogen-bond acceptors (Lipinski definition) is 4. The van der Waals surface area contributed by atoms with E-state index in [4.69, 9.17) is 9.47 Å². The number of rotatable bonds is 9. The molecule has 26 heavy (non-hydrogen) atoms. The van der Waals surface area contributed by atoms with Gasteiger partial charge in [0.05, 0.1) is 5.60 Å². The van der Waals surface area contributed by atoms with Crippen LogP contribution in [0.25, 0.3) is 0 Å². The molecule has 0 aromatic heterocycles. The average molecular weight is 362 g/mol. The van der Waals surface area contributed by atoms with Crippen LogP contribution in [0, 0.1) is 0 Å². The maximum absolute atomic E-state index is 11.7. The summed E-state index contributed by atoms with van der Waals surface area (Å²) in [5.74, 6) is 1.31. The van der Waals surface area contributed by atoms with Crippen molar-refractivity contribution in [2.24, 2.45) is 4.99 Å². The van der Waals surface area contributed by atoms with Crippen LogP contribution in [-0.2, 0) is 16.1 Å². The molecule has 7 heteroatoms. The third-order valence-electron chi connectivity index (χ3n) is 4.13. The number of methoxy groups -OCH3 is 1. The topological polar surface area (TPSA) is 84.0 Å². The van der Waals surface area contributed by atoms with E-state index in [-0.39, 0.29) is 18.1 Å². The molecule has 3 N–H and O–H groups in total.